The van der Waals surface area contributed by atoms with Gasteiger partial charge in [0.15, 0.2) is 0 Å². The van der Waals surface area contributed by atoms with Gasteiger partial charge in [0, 0.05) is 17.3 Å². The van der Waals surface area contributed by atoms with E-state index in [1.165, 1.54) is 0 Å². The summed E-state index contributed by atoms with van der Waals surface area (Å²) >= 11 is 0. The Bertz CT molecular complexity index is 372. The van der Waals surface area contributed by atoms with Crippen LogP contribution in [0.15, 0.2) is 12.3 Å². The molecule has 0 aliphatic carbocycles. The number of rotatable bonds is 5. The van der Waals surface area contributed by atoms with Gasteiger partial charge >= 0.3 is 0 Å². The minimum atomic E-state index is -0.298. The van der Waals surface area contributed by atoms with Crippen LogP contribution in [-0.2, 0) is 0 Å². The maximum atomic E-state index is 6.19. The number of hydrogen-bond acceptors (Lipinski definition) is 3. The van der Waals surface area contributed by atoms with Crippen molar-refractivity contribution in [1.82, 2.24) is 4.98 Å². The third-order valence-corrected chi connectivity index (χ3v) is 2.58. The molecule has 1 rings (SSSR count). The Morgan fingerprint density at radius 2 is 2.06 bits per heavy atom. The molecule has 0 spiro atoms. The van der Waals surface area contributed by atoms with Crippen molar-refractivity contribution in [2.75, 3.05) is 6.61 Å². The smallest absolute Gasteiger partial charge is 0.216 e. The summed E-state index contributed by atoms with van der Waals surface area (Å²) < 4.78 is 5.72. The number of ether oxygens (including phenoxy) is 1. The van der Waals surface area contributed by atoms with Crippen LogP contribution in [0.4, 0.5) is 0 Å². The first-order valence-electron chi connectivity index (χ1n) is 6.15. The second-order valence-electron chi connectivity index (χ2n) is 5.68. The Balaban J connectivity index is 2.61. The Hall–Kier alpha value is -1.09. The number of nitrogens with two attached hydrogens (primary N) is 1. The predicted octanol–water partition coefficient (Wildman–Crippen LogP) is 2.84. The minimum absolute atomic E-state index is 0.298. The van der Waals surface area contributed by atoms with E-state index in [9.17, 15) is 0 Å². The van der Waals surface area contributed by atoms with E-state index < -0.39 is 0 Å². The van der Waals surface area contributed by atoms with Crippen molar-refractivity contribution in [1.29, 1.82) is 0 Å². The fraction of sp³-hybridized carbons (Fsp3) is 0.643. The van der Waals surface area contributed by atoms with E-state index >= 15 is 0 Å². The lowest BCUT2D eigenvalue weighted by molar-refractivity contribution is 0.199. The van der Waals surface area contributed by atoms with Gasteiger partial charge < -0.3 is 10.5 Å². The molecular weight excluding hydrogens is 212 g/mol. The highest BCUT2D eigenvalue weighted by Gasteiger charge is 2.21. The molecule has 1 heterocycles. The van der Waals surface area contributed by atoms with Gasteiger partial charge in [-0.3, -0.25) is 0 Å². The molecule has 0 aromatic carbocycles. The van der Waals surface area contributed by atoms with Gasteiger partial charge in [0.1, 0.15) is 6.61 Å². The maximum absolute atomic E-state index is 6.19. The van der Waals surface area contributed by atoms with Gasteiger partial charge in [0.2, 0.25) is 5.88 Å². The highest BCUT2D eigenvalue weighted by atomic mass is 16.5. The Kier molecular flexibility index (Phi) is 4.52. The zero-order valence-electron chi connectivity index (χ0n) is 11.6. The summed E-state index contributed by atoms with van der Waals surface area (Å²) in [6, 6.07) is 2.07. The van der Waals surface area contributed by atoms with Crippen LogP contribution in [0.25, 0.3) is 0 Å². The van der Waals surface area contributed by atoms with Crippen LogP contribution in [0, 0.1) is 19.8 Å². The highest BCUT2D eigenvalue weighted by molar-refractivity contribution is 5.27. The second-order valence-corrected chi connectivity index (χ2v) is 5.68. The minimum Gasteiger partial charge on any atom is -0.476 e. The molecule has 0 fully saturated rings. The summed E-state index contributed by atoms with van der Waals surface area (Å²) in [5, 5.41) is 0. The van der Waals surface area contributed by atoms with Crippen LogP contribution < -0.4 is 10.5 Å². The van der Waals surface area contributed by atoms with Crippen molar-refractivity contribution < 1.29 is 4.74 Å². The lowest BCUT2D eigenvalue weighted by Gasteiger charge is -2.26. The molecular formula is C14H24N2O. The molecule has 17 heavy (non-hydrogen) atoms. The fourth-order valence-electron chi connectivity index (χ4n) is 2.08. The van der Waals surface area contributed by atoms with Crippen molar-refractivity contribution in [2.24, 2.45) is 11.7 Å². The molecule has 96 valence electrons. The molecule has 1 aromatic heterocycles. The molecule has 0 unspecified atom stereocenters. The standard InChI is InChI=1S/C14H24N2O/c1-10(2)7-14(5,15)9-17-13-12(4)6-11(3)8-16-13/h6,8,10H,7,9,15H2,1-5H3/t14-/m0/s1. The second kappa shape index (κ2) is 5.50. The van der Waals surface area contributed by atoms with Crippen LogP contribution in [0.1, 0.15) is 38.3 Å². The van der Waals surface area contributed by atoms with Crippen molar-refractivity contribution in [3.63, 3.8) is 0 Å². The first kappa shape index (κ1) is 14.0. The summed E-state index contributed by atoms with van der Waals surface area (Å²) in [4.78, 5) is 4.28. The molecule has 1 aromatic rings. The topological polar surface area (TPSA) is 48.1 Å². The van der Waals surface area contributed by atoms with Crippen LogP contribution >= 0.6 is 0 Å². The largest absolute Gasteiger partial charge is 0.476 e. The van der Waals surface area contributed by atoms with E-state index in [2.05, 4.69) is 24.9 Å². The zero-order chi connectivity index (χ0) is 13.1. The first-order chi connectivity index (χ1) is 7.80. The molecule has 0 aliphatic heterocycles. The van der Waals surface area contributed by atoms with E-state index in [4.69, 9.17) is 10.5 Å². The Morgan fingerprint density at radius 3 is 2.59 bits per heavy atom. The van der Waals surface area contributed by atoms with Gasteiger partial charge in [0.05, 0.1) is 0 Å². The monoisotopic (exact) mass is 236 g/mol. The van der Waals surface area contributed by atoms with Gasteiger partial charge in [-0.25, -0.2) is 4.98 Å². The van der Waals surface area contributed by atoms with Crippen molar-refractivity contribution in [2.45, 2.75) is 46.6 Å². The van der Waals surface area contributed by atoms with Gasteiger partial charge in [0.25, 0.3) is 0 Å². The normalized spacial score (nSPS) is 14.8. The molecule has 0 aliphatic rings. The fourth-order valence-corrected chi connectivity index (χ4v) is 2.08. The van der Waals surface area contributed by atoms with Crippen molar-refractivity contribution >= 4 is 0 Å². The van der Waals surface area contributed by atoms with E-state index in [0.29, 0.717) is 18.4 Å². The van der Waals surface area contributed by atoms with Gasteiger partial charge in [-0.05, 0) is 44.7 Å². The number of pyridine rings is 1. The molecule has 3 nitrogen and oxygen atoms in total. The zero-order valence-corrected chi connectivity index (χ0v) is 11.6. The van der Waals surface area contributed by atoms with Crippen LogP contribution in [0.2, 0.25) is 0 Å². The van der Waals surface area contributed by atoms with Crippen molar-refractivity contribution in [3.8, 4) is 5.88 Å². The number of hydrogen-bond donors (Lipinski definition) is 1. The average molecular weight is 236 g/mol. The van der Waals surface area contributed by atoms with Gasteiger partial charge in [-0.15, -0.1) is 0 Å². The molecule has 1 atom stereocenters. The van der Waals surface area contributed by atoms with Gasteiger partial charge in [-0.1, -0.05) is 13.8 Å². The lowest BCUT2D eigenvalue weighted by Crippen LogP contribution is -2.43. The maximum Gasteiger partial charge on any atom is 0.216 e. The molecule has 0 saturated heterocycles. The predicted molar refractivity (Wildman–Crippen MR) is 71.3 cm³/mol. The molecule has 3 heteroatoms. The Labute approximate surface area is 104 Å². The summed E-state index contributed by atoms with van der Waals surface area (Å²) in [5.74, 6) is 1.26. The number of nitrogens with zero attached hydrogens (tertiary/aromatic N) is 1. The SMILES string of the molecule is Cc1cnc(OC[C@@](C)(N)CC(C)C)c(C)c1. The van der Waals surface area contributed by atoms with Crippen LogP contribution in [0.3, 0.4) is 0 Å². The summed E-state index contributed by atoms with van der Waals surface area (Å²) in [7, 11) is 0. The average Bonchev–Trinajstić information content (AvgIpc) is 2.14. The third kappa shape index (κ3) is 4.73. The number of aromatic nitrogens is 1. The molecule has 2 N–H and O–H groups in total. The highest BCUT2D eigenvalue weighted by Crippen LogP contribution is 2.19. The van der Waals surface area contributed by atoms with Crippen LogP contribution in [0.5, 0.6) is 5.88 Å². The molecule has 0 radical (unpaired) electrons. The van der Waals surface area contributed by atoms with E-state index in [1.807, 2.05) is 27.0 Å². The Morgan fingerprint density at radius 1 is 1.41 bits per heavy atom. The molecule has 0 saturated carbocycles. The number of aryl methyl sites for hydroxylation is 2. The lowest BCUT2D eigenvalue weighted by atomic mass is 9.93. The van der Waals surface area contributed by atoms with E-state index in [-0.39, 0.29) is 5.54 Å². The van der Waals surface area contributed by atoms with E-state index in [0.717, 1.165) is 17.5 Å². The first-order valence-corrected chi connectivity index (χ1v) is 6.15. The molecule has 0 amide bonds. The van der Waals surface area contributed by atoms with E-state index in [1.54, 1.807) is 0 Å². The molecule has 0 bridgehead atoms. The quantitative estimate of drug-likeness (QED) is 0.855. The summed E-state index contributed by atoms with van der Waals surface area (Å²) in [6.07, 6.45) is 2.76. The van der Waals surface area contributed by atoms with Crippen LogP contribution in [-0.4, -0.2) is 17.1 Å². The van der Waals surface area contributed by atoms with Crippen molar-refractivity contribution in [3.05, 3.63) is 23.4 Å². The van der Waals surface area contributed by atoms with Gasteiger partial charge in [-0.2, -0.15) is 0 Å². The summed E-state index contributed by atoms with van der Waals surface area (Å²) in [6.45, 7) is 10.9. The third-order valence-electron chi connectivity index (χ3n) is 2.58. The summed E-state index contributed by atoms with van der Waals surface area (Å²) in [5.41, 5.74) is 8.10.